The van der Waals surface area contributed by atoms with Crippen molar-refractivity contribution < 1.29 is 0 Å². The zero-order chi connectivity index (χ0) is 30.2. The van der Waals surface area contributed by atoms with E-state index >= 15 is 0 Å². The summed E-state index contributed by atoms with van der Waals surface area (Å²) in [5.74, 6) is 0.582. The quantitative estimate of drug-likeness (QED) is 0.234. The number of nitrogens with zero attached hydrogens (tertiary/aromatic N) is 4. The summed E-state index contributed by atoms with van der Waals surface area (Å²) in [6.07, 6.45) is 15.2. The predicted octanol–water partition coefficient (Wildman–Crippen LogP) is 7.21. The lowest BCUT2D eigenvalue weighted by molar-refractivity contribution is 0.126. The molecule has 2 fully saturated rings. The second kappa shape index (κ2) is 12.4. The predicted molar refractivity (Wildman–Crippen MR) is 186 cm³/mol. The van der Waals surface area contributed by atoms with Crippen LogP contribution in [0, 0.1) is 0 Å². The van der Waals surface area contributed by atoms with E-state index in [1.165, 1.54) is 65.4 Å². The van der Waals surface area contributed by atoms with E-state index in [4.69, 9.17) is 6.58 Å². The Morgan fingerprint density at radius 1 is 1.00 bits per heavy atom. The maximum atomic E-state index is 4.73. The average molecular weight is 608 g/mol. The minimum Gasteiger partial charge on any atom is -0.372 e. The number of hydrazine groups is 2. The van der Waals surface area contributed by atoms with Crippen LogP contribution in [0.4, 0.5) is 0 Å². The smallest absolute Gasteiger partial charge is 0.0535 e. The molecule has 2 aromatic carbocycles. The molecule has 3 aliphatic heterocycles. The summed E-state index contributed by atoms with van der Waals surface area (Å²) in [5, 5.41) is 3.59. The van der Waals surface area contributed by atoms with Crippen LogP contribution in [0.15, 0.2) is 79.3 Å². The van der Waals surface area contributed by atoms with Crippen molar-refractivity contribution in [1.82, 2.24) is 34.5 Å². The van der Waals surface area contributed by atoms with E-state index in [0.717, 1.165) is 49.4 Å². The Labute approximate surface area is 266 Å². The number of nitrogens with one attached hydrogen (secondary N) is 3. The monoisotopic (exact) mass is 607 g/mol. The largest absolute Gasteiger partial charge is 0.372 e. The van der Waals surface area contributed by atoms with E-state index in [0.29, 0.717) is 12.0 Å². The first-order valence-electron chi connectivity index (χ1n) is 16.1. The highest BCUT2D eigenvalue weighted by molar-refractivity contribution is 7.95. The lowest BCUT2D eigenvalue weighted by Gasteiger charge is -2.38. The normalized spacial score (nSPS) is 19.0. The summed E-state index contributed by atoms with van der Waals surface area (Å²) in [7, 11) is 4.07. The van der Waals surface area contributed by atoms with Crippen molar-refractivity contribution in [3.05, 3.63) is 96.0 Å². The second-order valence-corrected chi connectivity index (χ2v) is 13.9. The lowest BCUT2D eigenvalue weighted by atomic mass is 9.81. The molecule has 8 heteroatoms. The average Bonchev–Trinajstić information content (AvgIpc) is 3.66. The molecule has 230 valence electrons. The van der Waals surface area contributed by atoms with Crippen molar-refractivity contribution in [2.75, 3.05) is 27.2 Å². The number of piperidine rings is 1. The van der Waals surface area contributed by atoms with E-state index in [-0.39, 0.29) is 0 Å². The number of hydrogen-bond acceptors (Lipinski definition) is 7. The fourth-order valence-corrected chi connectivity index (χ4v) is 7.95. The highest BCUT2D eigenvalue weighted by Crippen LogP contribution is 2.47. The molecule has 0 radical (unpaired) electrons. The standard InChI is InChI=1S/C36H45N7S/c1-25(38-44-40(3)4)28-14-15-33-34(23-28)42-24-30(26(2)41-19-16-31(17-20-41)43-21-18-37-39-43)22-29-12-8-9-13-32(29)36(42)35(33)27-10-6-5-7-11-27/h8-9,12-15,18,21-23,27,31,37-39H,1-2,5-7,10-11,16-17,19-20,24H2,3-4H3. The van der Waals surface area contributed by atoms with Crippen molar-refractivity contribution in [3.8, 4) is 11.3 Å². The van der Waals surface area contributed by atoms with E-state index < -0.39 is 0 Å². The van der Waals surface area contributed by atoms with E-state index in [1.807, 2.05) is 24.6 Å². The molecule has 3 N–H and O–H groups in total. The van der Waals surface area contributed by atoms with Gasteiger partial charge in [-0.05, 0) is 80.1 Å². The lowest BCUT2D eigenvalue weighted by Crippen LogP contribution is -2.48. The van der Waals surface area contributed by atoms with Gasteiger partial charge in [0.15, 0.2) is 0 Å². The number of hydrogen-bond donors (Lipinski definition) is 3. The first-order chi connectivity index (χ1) is 21.5. The van der Waals surface area contributed by atoms with Crippen LogP contribution >= 0.6 is 12.1 Å². The highest BCUT2D eigenvalue weighted by Gasteiger charge is 2.31. The molecule has 0 spiro atoms. The maximum absolute atomic E-state index is 4.73. The number of rotatable bonds is 8. The minimum absolute atomic E-state index is 0.484. The molecule has 1 saturated heterocycles. The molecule has 44 heavy (non-hydrogen) atoms. The molecular formula is C36H45N7S. The Hall–Kier alpha value is -3.59. The van der Waals surface area contributed by atoms with E-state index in [2.05, 4.69) is 91.5 Å². The molecule has 4 aliphatic rings. The SMILES string of the molecule is C=C(NSN(C)C)c1ccc2c(C3CCCCC3)c3n(c2c1)CC(C(=C)N1CCC(N2C=CNN2)CC1)=Cc1ccccc1-3. The fourth-order valence-electron chi connectivity index (χ4n) is 7.54. The molecule has 7 nitrogen and oxygen atoms in total. The van der Waals surface area contributed by atoms with Crippen LogP contribution < -0.4 is 15.7 Å². The van der Waals surface area contributed by atoms with Gasteiger partial charge in [-0.2, -0.15) is 0 Å². The molecular weight excluding hydrogens is 563 g/mol. The first kappa shape index (κ1) is 29.1. The Morgan fingerprint density at radius 2 is 1.80 bits per heavy atom. The molecule has 1 saturated carbocycles. The van der Waals surface area contributed by atoms with Gasteiger partial charge >= 0.3 is 0 Å². The second-order valence-electron chi connectivity index (χ2n) is 12.8. The minimum atomic E-state index is 0.484. The third-order valence-electron chi connectivity index (χ3n) is 9.81. The van der Waals surface area contributed by atoms with Gasteiger partial charge < -0.3 is 19.6 Å². The maximum Gasteiger partial charge on any atom is 0.0535 e. The van der Waals surface area contributed by atoms with Gasteiger partial charge in [0.05, 0.1) is 12.2 Å². The molecule has 0 unspecified atom stereocenters. The summed E-state index contributed by atoms with van der Waals surface area (Å²) in [6.45, 7) is 11.9. The number of aromatic nitrogens is 1. The molecule has 3 aromatic rings. The third-order valence-corrected chi connectivity index (χ3v) is 10.5. The zero-order valence-corrected chi connectivity index (χ0v) is 26.9. The van der Waals surface area contributed by atoms with Crippen molar-refractivity contribution in [3.63, 3.8) is 0 Å². The van der Waals surface area contributed by atoms with Gasteiger partial charge in [0, 0.05) is 71.5 Å². The van der Waals surface area contributed by atoms with Crippen LogP contribution in [0.5, 0.6) is 0 Å². The Morgan fingerprint density at radius 3 is 2.55 bits per heavy atom. The highest BCUT2D eigenvalue weighted by atomic mass is 32.2. The van der Waals surface area contributed by atoms with Crippen molar-refractivity contribution in [2.24, 2.45) is 0 Å². The van der Waals surface area contributed by atoms with Crippen LogP contribution in [0.2, 0.25) is 0 Å². The summed E-state index contributed by atoms with van der Waals surface area (Å²) >= 11 is 1.56. The van der Waals surface area contributed by atoms with Gasteiger partial charge in [0.25, 0.3) is 0 Å². The van der Waals surface area contributed by atoms with Crippen molar-refractivity contribution >= 4 is 34.8 Å². The Kier molecular flexibility index (Phi) is 8.23. The molecule has 0 atom stereocenters. The molecule has 1 aliphatic carbocycles. The van der Waals surface area contributed by atoms with Gasteiger partial charge in [0.2, 0.25) is 0 Å². The molecule has 7 rings (SSSR count). The van der Waals surface area contributed by atoms with Crippen LogP contribution in [0.1, 0.15) is 67.6 Å². The number of fused-ring (bicyclic) bond motifs is 5. The summed E-state index contributed by atoms with van der Waals surface area (Å²) in [5.41, 5.74) is 17.7. The molecule has 1 aromatic heterocycles. The topological polar surface area (TPSA) is 50.7 Å². The van der Waals surface area contributed by atoms with Crippen LogP contribution in [0.3, 0.4) is 0 Å². The molecule has 0 bridgehead atoms. The number of allylic oxidation sites excluding steroid dienone is 1. The molecule has 4 heterocycles. The van der Waals surface area contributed by atoms with Gasteiger partial charge in [-0.15, -0.1) is 5.53 Å². The van der Waals surface area contributed by atoms with E-state index in [9.17, 15) is 0 Å². The Bertz CT molecular complexity index is 1620. The fraction of sp³-hybridized carbons (Fsp3) is 0.389. The third kappa shape index (κ3) is 5.55. The zero-order valence-electron chi connectivity index (χ0n) is 26.1. The van der Waals surface area contributed by atoms with Crippen LogP contribution in [-0.2, 0) is 6.54 Å². The summed E-state index contributed by atoms with van der Waals surface area (Å²) in [6, 6.07) is 16.5. The number of benzene rings is 2. The van der Waals surface area contributed by atoms with E-state index in [1.54, 1.807) is 17.7 Å². The van der Waals surface area contributed by atoms with Gasteiger partial charge in [0.1, 0.15) is 0 Å². The van der Waals surface area contributed by atoms with Crippen molar-refractivity contribution in [2.45, 2.75) is 63.5 Å². The van der Waals surface area contributed by atoms with Crippen LogP contribution in [0.25, 0.3) is 33.9 Å². The summed E-state index contributed by atoms with van der Waals surface area (Å²) in [4.78, 5) is 2.51. The van der Waals surface area contributed by atoms with Gasteiger partial charge in [-0.25, -0.2) is 4.31 Å². The number of likely N-dealkylation sites (tertiary alicyclic amines) is 1. The van der Waals surface area contributed by atoms with Gasteiger partial charge in [-0.1, -0.05) is 68.8 Å². The summed E-state index contributed by atoms with van der Waals surface area (Å²) < 4.78 is 8.08. The van der Waals surface area contributed by atoms with Gasteiger partial charge in [-0.3, -0.25) is 5.01 Å². The Balaban J connectivity index is 1.29. The van der Waals surface area contributed by atoms with Crippen molar-refractivity contribution in [1.29, 1.82) is 0 Å². The molecule has 0 amide bonds. The first-order valence-corrected chi connectivity index (χ1v) is 16.9. The van der Waals surface area contributed by atoms with Crippen LogP contribution in [-0.4, -0.2) is 52.0 Å².